The molecule has 4 heteroatoms. The number of carbonyl (C=O) groups excluding carboxylic acids is 1. The van der Waals surface area contributed by atoms with E-state index in [0.717, 1.165) is 5.56 Å². The van der Waals surface area contributed by atoms with Crippen molar-refractivity contribution in [1.29, 1.82) is 0 Å². The van der Waals surface area contributed by atoms with Gasteiger partial charge in [-0.05, 0) is 5.56 Å². The van der Waals surface area contributed by atoms with E-state index in [1.807, 2.05) is 30.3 Å². The first-order valence-corrected chi connectivity index (χ1v) is 4.75. The zero-order valence-electron chi connectivity index (χ0n) is 8.64. The molecule has 1 amide bonds. The third-order valence-electron chi connectivity index (χ3n) is 2.17. The lowest BCUT2D eigenvalue weighted by Crippen LogP contribution is -2.29. The van der Waals surface area contributed by atoms with Crippen molar-refractivity contribution in [2.45, 2.75) is 5.92 Å². The second-order valence-electron chi connectivity index (χ2n) is 3.16. The summed E-state index contributed by atoms with van der Waals surface area (Å²) in [6, 6.07) is 9.54. The molecule has 0 saturated carbocycles. The summed E-state index contributed by atoms with van der Waals surface area (Å²) in [6.07, 6.45) is -0.482. The summed E-state index contributed by atoms with van der Waals surface area (Å²) in [5.41, 5.74) is 0.997. The Kier molecular flexibility index (Phi) is 4.63. The standard InChI is InChI=1S/C11H15NO3/c1-15-11(14)12-7-10(8-13)9-5-3-2-4-6-9/h2-6,10,13H,7-8H2,1H3,(H,12,14). The van der Waals surface area contributed by atoms with Crippen LogP contribution < -0.4 is 5.32 Å². The van der Waals surface area contributed by atoms with Gasteiger partial charge in [-0.25, -0.2) is 4.79 Å². The van der Waals surface area contributed by atoms with Gasteiger partial charge in [0.15, 0.2) is 0 Å². The van der Waals surface area contributed by atoms with Crippen LogP contribution in [0.2, 0.25) is 0 Å². The number of aliphatic hydroxyl groups is 1. The average Bonchev–Trinajstić information content (AvgIpc) is 2.31. The van der Waals surface area contributed by atoms with Crippen molar-refractivity contribution in [3.05, 3.63) is 35.9 Å². The molecule has 0 aliphatic heterocycles. The Balaban J connectivity index is 2.53. The first-order chi connectivity index (χ1) is 7.27. The molecular weight excluding hydrogens is 194 g/mol. The molecule has 0 fully saturated rings. The Morgan fingerprint density at radius 2 is 2.13 bits per heavy atom. The molecule has 1 aromatic carbocycles. The molecule has 0 aliphatic rings. The van der Waals surface area contributed by atoms with Crippen LogP contribution in [0.1, 0.15) is 11.5 Å². The highest BCUT2D eigenvalue weighted by Gasteiger charge is 2.11. The second-order valence-corrected chi connectivity index (χ2v) is 3.16. The van der Waals surface area contributed by atoms with Crippen molar-refractivity contribution in [2.24, 2.45) is 0 Å². The number of nitrogens with one attached hydrogen (secondary N) is 1. The largest absolute Gasteiger partial charge is 0.453 e. The van der Waals surface area contributed by atoms with Crippen LogP contribution in [0.25, 0.3) is 0 Å². The zero-order valence-corrected chi connectivity index (χ0v) is 8.64. The van der Waals surface area contributed by atoms with Crippen LogP contribution in [-0.4, -0.2) is 31.5 Å². The van der Waals surface area contributed by atoms with Gasteiger partial charge < -0.3 is 15.2 Å². The SMILES string of the molecule is COC(=O)NCC(CO)c1ccccc1. The van der Waals surface area contributed by atoms with Crippen LogP contribution in [-0.2, 0) is 4.74 Å². The highest BCUT2D eigenvalue weighted by Crippen LogP contribution is 2.13. The number of hydrogen-bond acceptors (Lipinski definition) is 3. The number of rotatable bonds is 4. The molecule has 0 aromatic heterocycles. The fraction of sp³-hybridized carbons (Fsp3) is 0.364. The molecule has 0 spiro atoms. The van der Waals surface area contributed by atoms with Crippen LogP contribution in [0.4, 0.5) is 4.79 Å². The van der Waals surface area contributed by atoms with Gasteiger partial charge in [-0.2, -0.15) is 0 Å². The predicted molar refractivity (Wildman–Crippen MR) is 56.7 cm³/mol. The Morgan fingerprint density at radius 3 is 2.67 bits per heavy atom. The lowest BCUT2D eigenvalue weighted by molar-refractivity contribution is 0.168. The van der Waals surface area contributed by atoms with E-state index < -0.39 is 6.09 Å². The summed E-state index contributed by atoms with van der Waals surface area (Å²) >= 11 is 0. The maximum atomic E-state index is 10.8. The summed E-state index contributed by atoms with van der Waals surface area (Å²) in [5, 5.41) is 11.7. The van der Waals surface area contributed by atoms with Crippen molar-refractivity contribution in [3.8, 4) is 0 Å². The van der Waals surface area contributed by atoms with Crippen LogP contribution in [0.3, 0.4) is 0 Å². The third kappa shape index (κ3) is 3.59. The molecule has 82 valence electrons. The Bertz CT molecular complexity index is 300. The molecule has 0 saturated heterocycles. The van der Waals surface area contributed by atoms with Crippen LogP contribution >= 0.6 is 0 Å². The van der Waals surface area contributed by atoms with Gasteiger partial charge in [0.1, 0.15) is 0 Å². The summed E-state index contributed by atoms with van der Waals surface area (Å²) in [4.78, 5) is 10.8. The molecule has 15 heavy (non-hydrogen) atoms. The van der Waals surface area contributed by atoms with Gasteiger partial charge in [0, 0.05) is 12.5 Å². The van der Waals surface area contributed by atoms with E-state index in [0.29, 0.717) is 6.54 Å². The fourth-order valence-electron chi connectivity index (χ4n) is 1.29. The number of carbonyl (C=O) groups is 1. The van der Waals surface area contributed by atoms with E-state index in [9.17, 15) is 9.90 Å². The van der Waals surface area contributed by atoms with Gasteiger partial charge in [0.05, 0.1) is 13.7 Å². The first-order valence-electron chi connectivity index (χ1n) is 4.75. The van der Waals surface area contributed by atoms with Gasteiger partial charge in [0.2, 0.25) is 0 Å². The minimum Gasteiger partial charge on any atom is -0.453 e. The minimum atomic E-state index is -0.482. The van der Waals surface area contributed by atoms with E-state index in [2.05, 4.69) is 10.1 Å². The van der Waals surface area contributed by atoms with Crippen molar-refractivity contribution in [3.63, 3.8) is 0 Å². The summed E-state index contributed by atoms with van der Waals surface area (Å²) in [6.45, 7) is 0.362. The first kappa shape index (κ1) is 11.5. The van der Waals surface area contributed by atoms with Crippen molar-refractivity contribution >= 4 is 6.09 Å². The highest BCUT2D eigenvalue weighted by molar-refractivity contribution is 5.66. The molecule has 1 atom stereocenters. The quantitative estimate of drug-likeness (QED) is 0.781. The minimum absolute atomic E-state index is 0.00594. The molecule has 1 aromatic rings. The molecule has 0 heterocycles. The van der Waals surface area contributed by atoms with Crippen molar-refractivity contribution < 1.29 is 14.6 Å². The monoisotopic (exact) mass is 209 g/mol. The lowest BCUT2D eigenvalue weighted by Gasteiger charge is -2.14. The number of ether oxygens (including phenoxy) is 1. The normalized spacial score (nSPS) is 11.9. The predicted octanol–water partition coefficient (Wildman–Crippen LogP) is 1.12. The van der Waals surface area contributed by atoms with Crippen molar-refractivity contribution in [1.82, 2.24) is 5.32 Å². The van der Waals surface area contributed by atoms with Crippen LogP contribution in [0.5, 0.6) is 0 Å². The van der Waals surface area contributed by atoms with Crippen LogP contribution in [0, 0.1) is 0 Å². The van der Waals surface area contributed by atoms with Gasteiger partial charge in [-0.3, -0.25) is 0 Å². The van der Waals surface area contributed by atoms with E-state index in [-0.39, 0.29) is 12.5 Å². The number of alkyl carbamates (subject to hydrolysis) is 1. The Labute approximate surface area is 88.9 Å². The molecule has 1 unspecified atom stereocenters. The maximum absolute atomic E-state index is 10.8. The third-order valence-corrected chi connectivity index (χ3v) is 2.17. The van der Waals surface area contributed by atoms with Gasteiger partial charge in [-0.1, -0.05) is 30.3 Å². The van der Waals surface area contributed by atoms with E-state index in [4.69, 9.17) is 0 Å². The summed E-state index contributed by atoms with van der Waals surface area (Å²) < 4.78 is 4.45. The number of aliphatic hydroxyl groups excluding tert-OH is 1. The summed E-state index contributed by atoms with van der Waals surface area (Å²) in [7, 11) is 1.31. The molecule has 1 rings (SSSR count). The molecule has 0 bridgehead atoms. The van der Waals surface area contributed by atoms with E-state index in [1.165, 1.54) is 7.11 Å². The second kappa shape index (κ2) is 6.03. The van der Waals surface area contributed by atoms with Gasteiger partial charge in [-0.15, -0.1) is 0 Å². The van der Waals surface area contributed by atoms with E-state index >= 15 is 0 Å². The topological polar surface area (TPSA) is 58.6 Å². The summed E-state index contributed by atoms with van der Waals surface area (Å²) in [5.74, 6) is -0.0923. The average molecular weight is 209 g/mol. The number of benzene rings is 1. The zero-order chi connectivity index (χ0) is 11.1. The van der Waals surface area contributed by atoms with Gasteiger partial charge in [0.25, 0.3) is 0 Å². The van der Waals surface area contributed by atoms with Gasteiger partial charge >= 0.3 is 6.09 Å². The Hall–Kier alpha value is -1.55. The number of methoxy groups -OCH3 is 1. The maximum Gasteiger partial charge on any atom is 0.406 e. The van der Waals surface area contributed by atoms with E-state index in [1.54, 1.807) is 0 Å². The molecule has 2 N–H and O–H groups in total. The Morgan fingerprint density at radius 1 is 1.47 bits per heavy atom. The highest BCUT2D eigenvalue weighted by atomic mass is 16.5. The molecule has 4 nitrogen and oxygen atoms in total. The fourth-order valence-corrected chi connectivity index (χ4v) is 1.29. The molecule has 0 aliphatic carbocycles. The number of amides is 1. The molecular formula is C11H15NO3. The smallest absolute Gasteiger partial charge is 0.406 e. The van der Waals surface area contributed by atoms with Crippen molar-refractivity contribution in [2.75, 3.05) is 20.3 Å². The lowest BCUT2D eigenvalue weighted by atomic mass is 10.0. The molecule has 0 radical (unpaired) electrons. The number of hydrogen-bond donors (Lipinski definition) is 2. The van der Waals surface area contributed by atoms with Crippen LogP contribution in [0.15, 0.2) is 30.3 Å².